The summed E-state index contributed by atoms with van der Waals surface area (Å²) in [6.07, 6.45) is 1.35. The third-order valence-corrected chi connectivity index (χ3v) is 6.53. The number of amides is 2. The Labute approximate surface area is 179 Å². The number of aryl methyl sites for hydroxylation is 3. The maximum Gasteiger partial charge on any atom is 0.249 e. The van der Waals surface area contributed by atoms with Crippen molar-refractivity contribution in [2.75, 3.05) is 11.9 Å². The second-order valence-electron chi connectivity index (χ2n) is 8.40. The molecule has 0 unspecified atom stereocenters. The molecule has 2 aromatic carbocycles. The van der Waals surface area contributed by atoms with E-state index < -0.39 is 6.04 Å². The minimum atomic E-state index is -0.535. The standard InChI is InChI=1S/C25H33N3O2/c1-15-13-16(2)18(4)21(17(15)3)14-28-23-10-8-7-9-20(23)11-12-22(25(28)30)27-24(29)19(5)26-6/h7-10,13,19,22,26H,11-12,14H2,1-6H3,(H,27,29)/t19-,22-/m0/s1. The average molecular weight is 408 g/mol. The van der Waals surface area contributed by atoms with Crippen molar-refractivity contribution < 1.29 is 9.59 Å². The second-order valence-corrected chi connectivity index (χ2v) is 8.40. The Hall–Kier alpha value is -2.66. The van der Waals surface area contributed by atoms with Gasteiger partial charge in [0.2, 0.25) is 11.8 Å². The van der Waals surface area contributed by atoms with Gasteiger partial charge in [0.1, 0.15) is 6.04 Å². The highest BCUT2D eigenvalue weighted by Crippen LogP contribution is 2.31. The maximum absolute atomic E-state index is 13.6. The van der Waals surface area contributed by atoms with Gasteiger partial charge >= 0.3 is 0 Å². The van der Waals surface area contributed by atoms with Crippen LogP contribution in [-0.2, 0) is 22.6 Å². The van der Waals surface area contributed by atoms with E-state index in [0.29, 0.717) is 13.0 Å². The molecule has 5 nitrogen and oxygen atoms in total. The smallest absolute Gasteiger partial charge is 0.249 e. The van der Waals surface area contributed by atoms with Crippen LogP contribution in [0.4, 0.5) is 5.69 Å². The van der Waals surface area contributed by atoms with Gasteiger partial charge in [-0.2, -0.15) is 0 Å². The zero-order valence-corrected chi connectivity index (χ0v) is 18.9. The van der Waals surface area contributed by atoms with Gasteiger partial charge in [0.05, 0.1) is 12.6 Å². The fraction of sp³-hybridized carbons (Fsp3) is 0.440. The number of nitrogens with zero attached hydrogens (tertiary/aromatic N) is 1. The van der Waals surface area contributed by atoms with Crippen molar-refractivity contribution in [3.05, 3.63) is 63.7 Å². The molecule has 0 fully saturated rings. The molecule has 2 aromatic rings. The molecule has 3 rings (SSSR count). The molecule has 2 amide bonds. The predicted molar refractivity (Wildman–Crippen MR) is 122 cm³/mol. The lowest BCUT2D eigenvalue weighted by Crippen LogP contribution is -2.52. The Balaban J connectivity index is 2.01. The maximum atomic E-state index is 13.6. The van der Waals surface area contributed by atoms with E-state index in [2.05, 4.69) is 50.5 Å². The lowest BCUT2D eigenvalue weighted by Gasteiger charge is -2.29. The normalized spacial score (nSPS) is 17.3. The number of carbonyl (C=O) groups is 2. The van der Waals surface area contributed by atoms with Gasteiger partial charge < -0.3 is 15.5 Å². The molecular formula is C25H33N3O2. The van der Waals surface area contributed by atoms with Gasteiger partial charge in [0.25, 0.3) is 0 Å². The molecular weight excluding hydrogens is 374 g/mol. The number of fused-ring (bicyclic) bond motifs is 1. The predicted octanol–water partition coefficient (Wildman–Crippen LogP) is 3.49. The quantitative estimate of drug-likeness (QED) is 0.798. The number of hydrogen-bond donors (Lipinski definition) is 2. The molecule has 0 radical (unpaired) electrons. The highest BCUT2D eigenvalue weighted by Gasteiger charge is 2.32. The number of hydrogen-bond acceptors (Lipinski definition) is 3. The van der Waals surface area contributed by atoms with Crippen LogP contribution in [0.3, 0.4) is 0 Å². The third-order valence-electron chi connectivity index (χ3n) is 6.53. The molecule has 0 spiro atoms. The number of likely N-dealkylation sites (N-methyl/N-ethyl adjacent to an activating group) is 1. The molecule has 1 heterocycles. The number of anilines is 1. The number of carbonyl (C=O) groups excluding carboxylic acids is 2. The van der Waals surface area contributed by atoms with E-state index >= 15 is 0 Å². The van der Waals surface area contributed by atoms with Gasteiger partial charge in [-0.05, 0) is 94.0 Å². The summed E-state index contributed by atoms with van der Waals surface area (Å²) < 4.78 is 0. The van der Waals surface area contributed by atoms with E-state index in [1.54, 1.807) is 14.0 Å². The summed E-state index contributed by atoms with van der Waals surface area (Å²) in [5.74, 6) is -0.199. The summed E-state index contributed by atoms with van der Waals surface area (Å²) in [5, 5.41) is 5.91. The van der Waals surface area contributed by atoms with E-state index in [4.69, 9.17) is 0 Å². The van der Waals surface area contributed by atoms with Crippen LogP contribution in [0.15, 0.2) is 30.3 Å². The van der Waals surface area contributed by atoms with E-state index in [9.17, 15) is 9.59 Å². The zero-order chi connectivity index (χ0) is 22.0. The number of para-hydroxylation sites is 1. The first-order valence-electron chi connectivity index (χ1n) is 10.7. The fourth-order valence-electron chi connectivity index (χ4n) is 4.13. The van der Waals surface area contributed by atoms with Crippen LogP contribution in [-0.4, -0.2) is 30.9 Å². The molecule has 5 heteroatoms. The molecule has 0 saturated carbocycles. The lowest BCUT2D eigenvalue weighted by molar-refractivity contribution is -0.128. The topological polar surface area (TPSA) is 61.4 Å². The van der Waals surface area contributed by atoms with Crippen LogP contribution in [0.1, 0.15) is 46.7 Å². The number of benzene rings is 2. The highest BCUT2D eigenvalue weighted by molar-refractivity contribution is 6.01. The van der Waals surface area contributed by atoms with Crippen molar-refractivity contribution in [1.82, 2.24) is 10.6 Å². The molecule has 0 bridgehead atoms. The first-order chi connectivity index (χ1) is 14.2. The van der Waals surface area contributed by atoms with Crippen molar-refractivity contribution in [1.29, 1.82) is 0 Å². The summed E-state index contributed by atoms with van der Waals surface area (Å²) in [6.45, 7) is 10.8. The number of nitrogens with one attached hydrogen (secondary N) is 2. The van der Waals surface area contributed by atoms with Crippen molar-refractivity contribution in [3.63, 3.8) is 0 Å². The molecule has 0 aliphatic carbocycles. The Kier molecular flexibility index (Phi) is 6.61. The van der Waals surface area contributed by atoms with Gasteiger partial charge in [-0.1, -0.05) is 24.3 Å². The van der Waals surface area contributed by atoms with Crippen molar-refractivity contribution >= 4 is 17.5 Å². The molecule has 1 aliphatic heterocycles. The molecule has 30 heavy (non-hydrogen) atoms. The van der Waals surface area contributed by atoms with Crippen molar-refractivity contribution in [2.45, 2.75) is 66.1 Å². The van der Waals surface area contributed by atoms with Crippen molar-refractivity contribution in [2.24, 2.45) is 0 Å². The largest absolute Gasteiger partial charge is 0.343 e. The van der Waals surface area contributed by atoms with Crippen LogP contribution in [0.5, 0.6) is 0 Å². The zero-order valence-electron chi connectivity index (χ0n) is 18.9. The minimum Gasteiger partial charge on any atom is -0.343 e. The van der Waals surface area contributed by atoms with Crippen LogP contribution < -0.4 is 15.5 Å². The van der Waals surface area contributed by atoms with Gasteiger partial charge in [-0.3, -0.25) is 9.59 Å². The van der Waals surface area contributed by atoms with E-state index in [-0.39, 0.29) is 17.9 Å². The molecule has 160 valence electrons. The number of rotatable bonds is 5. The average Bonchev–Trinajstić information content (AvgIpc) is 2.86. The van der Waals surface area contributed by atoms with Gasteiger partial charge in [-0.15, -0.1) is 0 Å². The first-order valence-corrected chi connectivity index (χ1v) is 10.7. The Morgan fingerprint density at radius 3 is 2.40 bits per heavy atom. The van der Waals surface area contributed by atoms with E-state index in [1.165, 1.54) is 27.8 Å². The SMILES string of the molecule is CN[C@@H](C)C(=O)N[C@H]1CCc2ccccc2N(Cc2c(C)c(C)cc(C)c2C)C1=O. The summed E-state index contributed by atoms with van der Waals surface area (Å²) in [5.41, 5.74) is 8.18. The van der Waals surface area contributed by atoms with Gasteiger partial charge in [-0.25, -0.2) is 0 Å². The Bertz CT molecular complexity index is 941. The van der Waals surface area contributed by atoms with E-state index in [1.807, 2.05) is 23.1 Å². The van der Waals surface area contributed by atoms with Gasteiger partial charge in [0.15, 0.2) is 0 Å². The summed E-state index contributed by atoms with van der Waals surface area (Å²) in [7, 11) is 1.74. The summed E-state index contributed by atoms with van der Waals surface area (Å²) >= 11 is 0. The van der Waals surface area contributed by atoms with E-state index in [0.717, 1.165) is 17.7 Å². The monoisotopic (exact) mass is 407 g/mol. The molecule has 2 N–H and O–H groups in total. The molecule has 0 aromatic heterocycles. The minimum absolute atomic E-state index is 0.0467. The molecule has 0 saturated heterocycles. The first kappa shape index (κ1) is 22.0. The summed E-state index contributed by atoms with van der Waals surface area (Å²) in [4.78, 5) is 28.0. The molecule has 2 atom stereocenters. The lowest BCUT2D eigenvalue weighted by atomic mass is 9.93. The molecule has 1 aliphatic rings. The fourth-order valence-corrected chi connectivity index (χ4v) is 4.13. The third kappa shape index (κ3) is 4.26. The van der Waals surface area contributed by atoms with Gasteiger partial charge in [0, 0.05) is 5.69 Å². The van der Waals surface area contributed by atoms with Crippen LogP contribution in [0.2, 0.25) is 0 Å². The second kappa shape index (κ2) is 9.00. The van der Waals surface area contributed by atoms with Crippen LogP contribution >= 0.6 is 0 Å². The van der Waals surface area contributed by atoms with Crippen LogP contribution in [0, 0.1) is 27.7 Å². The summed E-state index contributed by atoms with van der Waals surface area (Å²) in [6, 6.07) is 9.40. The van der Waals surface area contributed by atoms with Crippen molar-refractivity contribution in [3.8, 4) is 0 Å². The Morgan fingerprint density at radius 2 is 1.77 bits per heavy atom. The Morgan fingerprint density at radius 1 is 1.13 bits per heavy atom. The van der Waals surface area contributed by atoms with Crippen LogP contribution in [0.25, 0.3) is 0 Å². The highest BCUT2D eigenvalue weighted by atomic mass is 16.2.